The van der Waals surface area contributed by atoms with Gasteiger partial charge in [-0.25, -0.2) is 4.79 Å². The number of nitrogens with one attached hydrogen (secondary N) is 2. The van der Waals surface area contributed by atoms with Crippen LogP contribution in [0.25, 0.3) is 0 Å². The van der Waals surface area contributed by atoms with E-state index in [0.29, 0.717) is 35.7 Å². The summed E-state index contributed by atoms with van der Waals surface area (Å²) in [6, 6.07) is 20.4. The fraction of sp³-hybridized carbons (Fsp3) is 0.231. The summed E-state index contributed by atoms with van der Waals surface area (Å²) in [5, 5.41) is 15.1. The minimum Gasteiger partial charge on any atom is -0.508 e. The molecule has 178 valence electrons. The second kappa shape index (κ2) is 11.7. The van der Waals surface area contributed by atoms with Crippen molar-refractivity contribution in [2.24, 2.45) is 0 Å². The number of anilines is 3. The zero-order valence-corrected chi connectivity index (χ0v) is 19.5. The molecule has 3 aromatic rings. The topological polar surface area (TPSA) is 111 Å². The van der Waals surface area contributed by atoms with Gasteiger partial charge in [0.05, 0.1) is 11.4 Å². The predicted molar refractivity (Wildman–Crippen MR) is 136 cm³/mol. The van der Waals surface area contributed by atoms with Crippen LogP contribution in [0.4, 0.5) is 21.9 Å². The average Bonchev–Trinajstić information content (AvgIpc) is 2.81. The zero-order chi connectivity index (χ0) is 24.5. The van der Waals surface area contributed by atoms with Gasteiger partial charge in [0.25, 0.3) is 5.91 Å². The number of phenols is 1. The minimum absolute atomic E-state index is 0.139. The highest BCUT2D eigenvalue weighted by molar-refractivity contribution is 6.05. The lowest BCUT2D eigenvalue weighted by molar-refractivity contribution is 0.102. The molecule has 0 aliphatic rings. The second-order valence-corrected chi connectivity index (χ2v) is 8.29. The maximum Gasteiger partial charge on any atom is 0.322 e. The first-order valence-electron chi connectivity index (χ1n) is 11.1. The number of hydrogen-bond acceptors (Lipinski definition) is 5. The van der Waals surface area contributed by atoms with Crippen molar-refractivity contribution in [3.8, 4) is 5.75 Å². The number of nitrogen functional groups attached to an aromatic ring is 1. The Morgan fingerprint density at radius 1 is 0.882 bits per heavy atom. The highest BCUT2D eigenvalue weighted by atomic mass is 16.3. The molecule has 0 bridgehead atoms. The molecule has 3 amide bonds. The largest absolute Gasteiger partial charge is 0.508 e. The summed E-state index contributed by atoms with van der Waals surface area (Å²) in [7, 11) is 3.99. The lowest BCUT2D eigenvalue weighted by Crippen LogP contribution is -2.36. The summed E-state index contributed by atoms with van der Waals surface area (Å²) < 4.78 is 0. The lowest BCUT2D eigenvalue weighted by Gasteiger charge is -2.24. The van der Waals surface area contributed by atoms with E-state index in [-0.39, 0.29) is 17.7 Å². The number of nitrogens with two attached hydrogens (primary N) is 1. The molecule has 5 N–H and O–H groups in total. The van der Waals surface area contributed by atoms with Crippen molar-refractivity contribution in [1.82, 2.24) is 9.80 Å². The van der Waals surface area contributed by atoms with Crippen molar-refractivity contribution in [2.75, 3.05) is 43.6 Å². The third-order valence-corrected chi connectivity index (χ3v) is 5.24. The van der Waals surface area contributed by atoms with E-state index >= 15 is 0 Å². The van der Waals surface area contributed by atoms with Crippen LogP contribution >= 0.6 is 0 Å². The molecule has 3 rings (SSSR count). The number of carbonyl (C=O) groups excluding carboxylic acids is 2. The number of urea groups is 1. The number of phenolic OH excluding ortho intramolecular Hbond substituents is 1. The van der Waals surface area contributed by atoms with E-state index in [1.54, 1.807) is 41.3 Å². The van der Waals surface area contributed by atoms with Gasteiger partial charge in [0, 0.05) is 24.3 Å². The van der Waals surface area contributed by atoms with Crippen molar-refractivity contribution < 1.29 is 14.7 Å². The average molecular weight is 462 g/mol. The lowest BCUT2D eigenvalue weighted by atomic mass is 10.1. The van der Waals surface area contributed by atoms with Crippen LogP contribution in [0.15, 0.2) is 72.8 Å². The van der Waals surface area contributed by atoms with Gasteiger partial charge < -0.3 is 31.3 Å². The van der Waals surface area contributed by atoms with Gasteiger partial charge in [-0.15, -0.1) is 0 Å². The number of hydrogen-bond donors (Lipinski definition) is 4. The first-order valence-corrected chi connectivity index (χ1v) is 11.1. The normalized spacial score (nSPS) is 10.7. The molecule has 34 heavy (non-hydrogen) atoms. The van der Waals surface area contributed by atoms with Crippen molar-refractivity contribution in [3.05, 3.63) is 83.9 Å². The molecule has 3 aromatic carbocycles. The summed E-state index contributed by atoms with van der Waals surface area (Å²) in [5.41, 5.74) is 8.97. The molecule has 0 aliphatic heterocycles. The molecule has 0 heterocycles. The summed E-state index contributed by atoms with van der Waals surface area (Å²) >= 11 is 0. The van der Waals surface area contributed by atoms with E-state index in [4.69, 9.17) is 5.73 Å². The van der Waals surface area contributed by atoms with Crippen LogP contribution in [0.1, 0.15) is 22.3 Å². The maximum atomic E-state index is 13.0. The highest BCUT2D eigenvalue weighted by Gasteiger charge is 2.15. The molecule has 8 nitrogen and oxygen atoms in total. The van der Waals surface area contributed by atoms with Gasteiger partial charge in [-0.05, 0) is 81.2 Å². The highest BCUT2D eigenvalue weighted by Crippen LogP contribution is 2.19. The summed E-state index contributed by atoms with van der Waals surface area (Å²) in [4.78, 5) is 29.3. The van der Waals surface area contributed by atoms with Crippen LogP contribution in [0.5, 0.6) is 5.75 Å². The maximum absolute atomic E-state index is 13.0. The molecule has 0 unspecified atom stereocenters. The van der Waals surface area contributed by atoms with E-state index in [1.165, 1.54) is 12.1 Å². The molecule has 0 aromatic heterocycles. The number of carbonyl (C=O) groups is 2. The Balaban J connectivity index is 1.66. The van der Waals surface area contributed by atoms with Gasteiger partial charge in [-0.3, -0.25) is 4.79 Å². The molecule has 0 radical (unpaired) electrons. The van der Waals surface area contributed by atoms with E-state index < -0.39 is 0 Å². The first kappa shape index (κ1) is 24.6. The van der Waals surface area contributed by atoms with Crippen LogP contribution < -0.4 is 16.4 Å². The van der Waals surface area contributed by atoms with Crippen LogP contribution in [-0.2, 0) is 6.54 Å². The van der Waals surface area contributed by atoms with Crippen LogP contribution in [0.2, 0.25) is 0 Å². The van der Waals surface area contributed by atoms with E-state index in [1.807, 2.05) is 38.4 Å². The second-order valence-electron chi connectivity index (χ2n) is 8.29. The van der Waals surface area contributed by atoms with Gasteiger partial charge in [-0.1, -0.05) is 24.3 Å². The standard InChI is InChI=1S/C26H31N5O3/c1-30(2)16-5-17-31(26(34)28-21-12-14-22(32)15-13-21)18-19-8-10-20(11-9-19)25(33)29-24-7-4-3-6-23(24)27/h3-4,6-15,32H,5,16-18,27H2,1-2H3,(H,28,34)(H,29,33). The van der Waals surface area contributed by atoms with E-state index in [0.717, 1.165) is 18.5 Å². The summed E-state index contributed by atoms with van der Waals surface area (Å²) in [5.74, 6) is -0.114. The van der Waals surface area contributed by atoms with Crippen molar-refractivity contribution >= 4 is 29.0 Å². The van der Waals surface area contributed by atoms with Crippen LogP contribution in [-0.4, -0.2) is 54.0 Å². The molecule has 0 fully saturated rings. The molecule has 0 spiro atoms. The quantitative estimate of drug-likeness (QED) is 0.282. The van der Waals surface area contributed by atoms with Gasteiger partial charge in [0.2, 0.25) is 0 Å². The molecule has 0 aliphatic carbocycles. The van der Waals surface area contributed by atoms with Crippen molar-refractivity contribution in [1.29, 1.82) is 0 Å². The van der Waals surface area contributed by atoms with Gasteiger partial charge in [0.1, 0.15) is 5.75 Å². The molecular weight excluding hydrogens is 430 g/mol. The SMILES string of the molecule is CN(C)CCCN(Cc1ccc(C(=O)Nc2ccccc2N)cc1)C(=O)Nc1ccc(O)cc1. The number of benzene rings is 3. The van der Waals surface area contributed by atoms with E-state index in [2.05, 4.69) is 15.5 Å². The number of nitrogens with zero attached hydrogens (tertiary/aromatic N) is 2. The molecule has 0 saturated carbocycles. The Hall–Kier alpha value is -4.04. The summed E-state index contributed by atoms with van der Waals surface area (Å²) in [6.45, 7) is 1.81. The van der Waals surface area contributed by atoms with Gasteiger partial charge >= 0.3 is 6.03 Å². The van der Waals surface area contributed by atoms with Crippen LogP contribution in [0, 0.1) is 0 Å². The van der Waals surface area contributed by atoms with Crippen LogP contribution in [0.3, 0.4) is 0 Å². The van der Waals surface area contributed by atoms with E-state index in [9.17, 15) is 14.7 Å². The van der Waals surface area contributed by atoms with Crippen molar-refractivity contribution in [2.45, 2.75) is 13.0 Å². The minimum atomic E-state index is -0.252. The Bertz CT molecular complexity index is 1100. The van der Waals surface area contributed by atoms with Gasteiger partial charge in [-0.2, -0.15) is 0 Å². The number of rotatable bonds is 9. The summed E-state index contributed by atoms with van der Waals surface area (Å²) in [6.07, 6.45) is 0.814. The number of aromatic hydroxyl groups is 1. The Kier molecular flexibility index (Phi) is 8.48. The fourth-order valence-electron chi connectivity index (χ4n) is 3.36. The third kappa shape index (κ3) is 7.25. The number of amides is 3. The number of para-hydroxylation sites is 2. The Morgan fingerprint density at radius 3 is 2.21 bits per heavy atom. The third-order valence-electron chi connectivity index (χ3n) is 5.24. The Labute approximate surface area is 200 Å². The first-order chi connectivity index (χ1) is 16.3. The van der Waals surface area contributed by atoms with Crippen molar-refractivity contribution in [3.63, 3.8) is 0 Å². The molecular formula is C26H31N5O3. The Morgan fingerprint density at radius 2 is 1.56 bits per heavy atom. The zero-order valence-electron chi connectivity index (χ0n) is 19.5. The predicted octanol–water partition coefficient (Wildman–Crippen LogP) is 4.21. The molecule has 0 saturated heterocycles. The molecule has 0 atom stereocenters. The smallest absolute Gasteiger partial charge is 0.322 e. The van der Waals surface area contributed by atoms with Gasteiger partial charge in [0.15, 0.2) is 0 Å². The monoisotopic (exact) mass is 461 g/mol. The molecule has 8 heteroatoms. The fourth-order valence-corrected chi connectivity index (χ4v) is 3.36.